The minimum absolute atomic E-state index is 0.0289. The summed E-state index contributed by atoms with van der Waals surface area (Å²) >= 11 is 0. The van der Waals surface area contributed by atoms with Gasteiger partial charge in [0.15, 0.2) is 0 Å². The molecule has 4 atom stereocenters. The highest BCUT2D eigenvalue weighted by Gasteiger charge is 2.32. The number of primary amides is 1. The van der Waals surface area contributed by atoms with Gasteiger partial charge in [-0.15, -0.1) is 0 Å². The molecule has 212 valence electrons. The van der Waals surface area contributed by atoms with Crippen LogP contribution in [0.2, 0.25) is 0 Å². The molecule has 0 spiro atoms. The maximum Gasteiger partial charge on any atom is 0.326 e. The second-order valence-corrected chi connectivity index (χ2v) is 9.46. The summed E-state index contributed by atoms with van der Waals surface area (Å²) < 4.78 is 0. The van der Waals surface area contributed by atoms with Gasteiger partial charge in [-0.1, -0.05) is 32.0 Å². The number of H-pyrrole nitrogens is 1. The van der Waals surface area contributed by atoms with Crippen LogP contribution >= 0.6 is 0 Å². The van der Waals surface area contributed by atoms with E-state index in [1.807, 2.05) is 18.2 Å². The van der Waals surface area contributed by atoms with Crippen LogP contribution in [0.4, 0.5) is 0 Å². The quantitative estimate of drug-likeness (QED) is 0.136. The average molecular weight is 547 g/mol. The highest BCUT2D eigenvalue weighted by Crippen LogP contribution is 2.19. The Labute approximate surface area is 223 Å². The van der Waals surface area contributed by atoms with E-state index in [1.165, 1.54) is 0 Å². The van der Waals surface area contributed by atoms with Crippen molar-refractivity contribution in [3.05, 3.63) is 36.0 Å². The Balaban J connectivity index is 2.16. The van der Waals surface area contributed by atoms with Crippen LogP contribution in [0.5, 0.6) is 0 Å². The molecule has 1 aromatic heterocycles. The van der Waals surface area contributed by atoms with Gasteiger partial charge in [0, 0.05) is 29.9 Å². The van der Waals surface area contributed by atoms with E-state index in [2.05, 4.69) is 20.9 Å². The number of rotatable bonds is 15. The molecule has 1 aromatic carbocycles. The van der Waals surface area contributed by atoms with Gasteiger partial charge >= 0.3 is 11.9 Å². The van der Waals surface area contributed by atoms with Crippen molar-refractivity contribution in [2.24, 2.45) is 17.4 Å². The van der Waals surface area contributed by atoms with E-state index < -0.39 is 78.5 Å². The zero-order valence-electron chi connectivity index (χ0n) is 21.6. The van der Waals surface area contributed by atoms with Crippen LogP contribution in [-0.2, 0) is 35.2 Å². The van der Waals surface area contributed by atoms with E-state index >= 15 is 0 Å². The third-order valence-corrected chi connectivity index (χ3v) is 6.00. The van der Waals surface area contributed by atoms with E-state index in [4.69, 9.17) is 16.6 Å². The molecule has 39 heavy (non-hydrogen) atoms. The molecule has 14 nitrogen and oxygen atoms in total. The topological polar surface area (TPSA) is 247 Å². The van der Waals surface area contributed by atoms with Crippen molar-refractivity contribution in [3.63, 3.8) is 0 Å². The highest BCUT2D eigenvalue weighted by molar-refractivity contribution is 5.95. The summed E-state index contributed by atoms with van der Waals surface area (Å²) in [7, 11) is 0. The summed E-state index contributed by atoms with van der Waals surface area (Å²) in [5.74, 6) is -6.44. The first-order valence-corrected chi connectivity index (χ1v) is 12.2. The lowest BCUT2D eigenvalue weighted by atomic mass is 10.00. The Morgan fingerprint density at radius 3 is 2.15 bits per heavy atom. The van der Waals surface area contributed by atoms with E-state index in [-0.39, 0.29) is 12.8 Å². The van der Waals surface area contributed by atoms with Crippen molar-refractivity contribution < 1.29 is 39.0 Å². The van der Waals surface area contributed by atoms with Gasteiger partial charge in [0.25, 0.3) is 0 Å². The lowest BCUT2D eigenvalue weighted by molar-refractivity contribution is -0.142. The highest BCUT2D eigenvalue weighted by atomic mass is 16.4. The fraction of sp³-hybridized carbons (Fsp3) is 0.440. The minimum atomic E-state index is -1.40. The standard InChI is InChI=1S/C25H34N6O8/c1-12(2)21(31-23(36)17(7-8-20(33)34)29-22(35)15(26)10-19(27)32)24(37)30-18(25(38)39)9-13-11-28-16-6-4-3-5-14(13)16/h3-6,11-12,15,17-18,21,28H,7-10,26H2,1-2H3,(H2,27,32)(H,29,35)(H,30,37)(H,31,36)(H,33,34)(H,38,39). The molecule has 2 aromatic rings. The number of para-hydroxylation sites is 1. The molecule has 14 heteroatoms. The molecule has 0 bridgehead atoms. The number of carboxylic acid groups (broad SMARTS) is 2. The van der Waals surface area contributed by atoms with E-state index in [0.717, 1.165) is 10.9 Å². The Bertz CT molecular complexity index is 1230. The van der Waals surface area contributed by atoms with Crippen molar-refractivity contribution in [3.8, 4) is 0 Å². The van der Waals surface area contributed by atoms with Crippen LogP contribution < -0.4 is 27.4 Å². The summed E-state index contributed by atoms with van der Waals surface area (Å²) in [5, 5.41) is 26.8. The number of carbonyl (C=O) groups excluding carboxylic acids is 4. The van der Waals surface area contributed by atoms with Crippen molar-refractivity contribution >= 4 is 46.5 Å². The van der Waals surface area contributed by atoms with E-state index in [1.54, 1.807) is 26.1 Å². The second-order valence-electron chi connectivity index (χ2n) is 9.46. The zero-order valence-corrected chi connectivity index (χ0v) is 21.6. The summed E-state index contributed by atoms with van der Waals surface area (Å²) in [6.45, 7) is 3.24. The number of amides is 4. The number of nitrogens with two attached hydrogens (primary N) is 2. The van der Waals surface area contributed by atoms with E-state index in [0.29, 0.717) is 5.56 Å². The molecule has 4 unspecified atom stereocenters. The summed E-state index contributed by atoms with van der Waals surface area (Å²) in [5.41, 5.74) is 12.1. The van der Waals surface area contributed by atoms with Gasteiger partial charge in [0.2, 0.25) is 23.6 Å². The Kier molecular flexibility index (Phi) is 11.0. The first-order chi connectivity index (χ1) is 18.3. The van der Waals surface area contributed by atoms with Crippen LogP contribution in [-0.4, -0.2) is 74.9 Å². The minimum Gasteiger partial charge on any atom is -0.481 e. The molecule has 0 aliphatic heterocycles. The maximum atomic E-state index is 13.1. The predicted molar refractivity (Wildman–Crippen MR) is 139 cm³/mol. The molecule has 1 heterocycles. The van der Waals surface area contributed by atoms with Crippen molar-refractivity contribution in [2.45, 2.75) is 63.7 Å². The molecular formula is C25H34N6O8. The normalized spacial score (nSPS) is 14.2. The number of benzene rings is 1. The lowest BCUT2D eigenvalue weighted by Gasteiger charge is -2.27. The number of aromatic amines is 1. The molecule has 0 aliphatic rings. The summed E-state index contributed by atoms with van der Waals surface area (Å²) in [6, 6.07) is 1.98. The molecule has 0 radical (unpaired) electrons. The van der Waals surface area contributed by atoms with Crippen molar-refractivity contribution in [2.75, 3.05) is 0 Å². The number of nitrogens with one attached hydrogen (secondary N) is 4. The van der Waals surface area contributed by atoms with E-state index in [9.17, 15) is 33.9 Å². The predicted octanol–water partition coefficient (Wildman–Crippen LogP) is -1.03. The molecule has 4 amide bonds. The number of aliphatic carboxylic acids is 2. The Hall–Kier alpha value is -4.46. The van der Waals surface area contributed by atoms with Gasteiger partial charge in [-0.2, -0.15) is 0 Å². The Morgan fingerprint density at radius 2 is 1.56 bits per heavy atom. The first-order valence-electron chi connectivity index (χ1n) is 12.2. The number of hydrogen-bond acceptors (Lipinski definition) is 7. The fourth-order valence-corrected chi connectivity index (χ4v) is 3.90. The Morgan fingerprint density at radius 1 is 0.923 bits per heavy atom. The number of carbonyl (C=O) groups is 6. The van der Waals surface area contributed by atoms with Gasteiger partial charge in [-0.05, 0) is 24.0 Å². The largest absolute Gasteiger partial charge is 0.481 e. The van der Waals surface area contributed by atoms with Crippen LogP contribution in [0.1, 0.15) is 38.7 Å². The second kappa shape index (κ2) is 13.9. The van der Waals surface area contributed by atoms with Gasteiger partial charge < -0.3 is 42.6 Å². The molecular weight excluding hydrogens is 512 g/mol. The van der Waals surface area contributed by atoms with Crippen LogP contribution in [0.3, 0.4) is 0 Å². The molecule has 2 rings (SSSR count). The summed E-state index contributed by atoms with van der Waals surface area (Å²) in [4.78, 5) is 75.6. The molecule has 0 saturated carbocycles. The molecule has 0 aliphatic carbocycles. The van der Waals surface area contributed by atoms with Gasteiger partial charge in [0.05, 0.1) is 12.5 Å². The SMILES string of the molecule is CC(C)C(NC(=O)C(CCC(=O)O)NC(=O)C(N)CC(N)=O)C(=O)NC(Cc1c[nH]c2ccccc12)C(=O)O. The van der Waals surface area contributed by atoms with Crippen LogP contribution in [0.15, 0.2) is 30.5 Å². The van der Waals surface area contributed by atoms with Gasteiger partial charge in [0.1, 0.15) is 18.1 Å². The number of fused-ring (bicyclic) bond motifs is 1. The summed E-state index contributed by atoms with van der Waals surface area (Å²) in [6.07, 6.45) is 0.309. The average Bonchev–Trinajstić information content (AvgIpc) is 3.26. The van der Waals surface area contributed by atoms with Gasteiger partial charge in [-0.25, -0.2) is 4.79 Å². The van der Waals surface area contributed by atoms with Crippen LogP contribution in [0, 0.1) is 5.92 Å². The van der Waals surface area contributed by atoms with Crippen molar-refractivity contribution in [1.29, 1.82) is 0 Å². The fourth-order valence-electron chi connectivity index (χ4n) is 3.90. The smallest absolute Gasteiger partial charge is 0.326 e. The third kappa shape index (κ3) is 9.10. The zero-order chi connectivity index (χ0) is 29.3. The number of aromatic nitrogens is 1. The molecule has 0 saturated heterocycles. The number of carboxylic acids is 2. The van der Waals surface area contributed by atoms with Crippen LogP contribution in [0.25, 0.3) is 10.9 Å². The maximum absolute atomic E-state index is 13.1. The molecule has 0 fully saturated rings. The third-order valence-electron chi connectivity index (χ3n) is 6.00. The molecule has 10 N–H and O–H groups in total. The number of hydrogen-bond donors (Lipinski definition) is 8. The van der Waals surface area contributed by atoms with Crippen molar-refractivity contribution in [1.82, 2.24) is 20.9 Å². The monoisotopic (exact) mass is 546 g/mol. The first kappa shape index (κ1) is 30.8. The lowest BCUT2D eigenvalue weighted by Crippen LogP contribution is -2.58. The van der Waals surface area contributed by atoms with Gasteiger partial charge in [-0.3, -0.25) is 24.0 Å².